The lowest BCUT2D eigenvalue weighted by atomic mass is 9.54. The number of carbonyl (C=O) groups is 1. The van der Waals surface area contributed by atoms with Crippen molar-refractivity contribution in [3.8, 4) is 0 Å². The average molecular weight is 389 g/mol. The van der Waals surface area contributed by atoms with Crippen LogP contribution in [-0.2, 0) is 9.53 Å². The van der Waals surface area contributed by atoms with Crippen molar-refractivity contribution in [1.29, 1.82) is 0 Å². The fraction of sp³-hybridized carbons (Fsp3) is 0.600. The smallest absolute Gasteiger partial charge is 0.245 e. The van der Waals surface area contributed by atoms with Crippen molar-refractivity contribution in [3.63, 3.8) is 0 Å². The summed E-state index contributed by atoms with van der Waals surface area (Å²) in [4.78, 5) is 20.0. The molecule has 2 atom stereocenters. The average Bonchev–Trinajstić information content (AvgIpc) is 3.30. The molecule has 0 radical (unpaired) electrons. The van der Waals surface area contributed by atoms with Gasteiger partial charge in [-0.05, 0) is 38.0 Å². The van der Waals surface area contributed by atoms with Crippen molar-refractivity contribution in [3.05, 3.63) is 18.2 Å². The molecular weight excluding hydrogens is 360 g/mol. The molecule has 6 nitrogen and oxygen atoms in total. The Morgan fingerprint density at radius 2 is 2.15 bits per heavy atom. The number of hydrogen-bond donors (Lipinski definition) is 2. The largest absolute Gasteiger partial charge is 0.378 e. The summed E-state index contributed by atoms with van der Waals surface area (Å²) < 4.78 is 6.81. The van der Waals surface area contributed by atoms with Gasteiger partial charge in [0.2, 0.25) is 5.91 Å². The standard InChI is InChI=1S/C20H28N4O2S/c1-4-26-16-12-20(21,19(16,2)3)17(25)22-13-7-8-14-15(11-13)27-18(23-14)24-9-5-6-10-24/h7-8,11,16H,4-6,9-10,12,21H2,1-3H3,(H,22,25). The van der Waals surface area contributed by atoms with Gasteiger partial charge in [-0.2, -0.15) is 0 Å². The molecular formula is C20H28N4O2S. The minimum Gasteiger partial charge on any atom is -0.378 e. The molecule has 3 N–H and O–H groups in total. The van der Waals surface area contributed by atoms with E-state index in [0.29, 0.717) is 13.0 Å². The van der Waals surface area contributed by atoms with Gasteiger partial charge in [-0.25, -0.2) is 4.98 Å². The van der Waals surface area contributed by atoms with Crippen LogP contribution in [0.25, 0.3) is 10.2 Å². The number of rotatable bonds is 5. The van der Waals surface area contributed by atoms with E-state index in [1.165, 1.54) is 12.8 Å². The van der Waals surface area contributed by atoms with E-state index < -0.39 is 11.0 Å². The maximum Gasteiger partial charge on any atom is 0.245 e. The molecule has 1 saturated heterocycles. The lowest BCUT2D eigenvalue weighted by Gasteiger charge is -2.57. The van der Waals surface area contributed by atoms with E-state index in [1.807, 2.05) is 39.0 Å². The Morgan fingerprint density at radius 3 is 2.81 bits per heavy atom. The highest BCUT2D eigenvalue weighted by Gasteiger charge is 2.62. The Labute approximate surface area is 164 Å². The molecule has 0 spiro atoms. The van der Waals surface area contributed by atoms with Gasteiger partial charge in [-0.1, -0.05) is 25.2 Å². The second-order valence-electron chi connectivity index (χ2n) is 8.17. The van der Waals surface area contributed by atoms with Crippen molar-refractivity contribution in [2.24, 2.45) is 11.1 Å². The minimum absolute atomic E-state index is 0.0187. The predicted octanol–water partition coefficient (Wildman–Crippen LogP) is 3.37. The molecule has 2 unspecified atom stereocenters. The van der Waals surface area contributed by atoms with Crippen LogP contribution in [0.15, 0.2) is 18.2 Å². The van der Waals surface area contributed by atoms with Crippen LogP contribution in [0.2, 0.25) is 0 Å². The van der Waals surface area contributed by atoms with Crippen LogP contribution in [0.1, 0.15) is 40.0 Å². The van der Waals surface area contributed by atoms with E-state index in [2.05, 4.69) is 10.2 Å². The number of carbonyl (C=O) groups excluding carboxylic acids is 1. The molecule has 1 aromatic heterocycles. The van der Waals surface area contributed by atoms with Crippen LogP contribution in [0, 0.1) is 5.41 Å². The molecule has 2 aromatic rings. The number of nitrogens with two attached hydrogens (primary N) is 1. The Hall–Kier alpha value is -1.70. The molecule has 27 heavy (non-hydrogen) atoms. The summed E-state index contributed by atoms with van der Waals surface area (Å²) in [5, 5.41) is 4.09. The van der Waals surface area contributed by atoms with E-state index in [0.717, 1.165) is 34.1 Å². The fourth-order valence-electron chi connectivity index (χ4n) is 4.10. The maximum atomic E-state index is 12.9. The first-order valence-electron chi connectivity index (χ1n) is 9.72. The zero-order chi connectivity index (χ0) is 19.2. The summed E-state index contributed by atoms with van der Waals surface area (Å²) in [6, 6.07) is 5.88. The number of benzene rings is 1. The van der Waals surface area contributed by atoms with Crippen molar-refractivity contribution in [2.75, 3.05) is 29.9 Å². The molecule has 1 saturated carbocycles. The number of aromatic nitrogens is 1. The van der Waals surface area contributed by atoms with Gasteiger partial charge in [0.05, 0.1) is 16.3 Å². The van der Waals surface area contributed by atoms with E-state index in [4.69, 9.17) is 15.5 Å². The van der Waals surface area contributed by atoms with Crippen molar-refractivity contribution in [1.82, 2.24) is 4.98 Å². The number of fused-ring (bicyclic) bond motifs is 1. The summed E-state index contributed by atoms with van der Waals surface area (Å²) in [7, 11) is 0. The highest BCUT2D eigenvalue weighted by atomic mass is 32.1. The quantitative estimate of drug-likeness (QED) is 0.821. The summed E-state index contributed by atoms with van der Waals surface area (Å²) in [6.45, 7) is 8.77. The van der Waals surface area contributed by atoms with Gasteiger partial charge in [-0.3, -0.25) is 4.79 Å². The molecule has 2 fully saturated rings. The maximum absolute atomic E-state index is 12.9. The van der Waals surface area contributed by atoms with Gasteiger partial charge in [0.15, 0.2) is 5.13 Å². The summed E-state index contributed by atoms with van der Waals surface area (Å²) in [5.74, 6) is -0.146. The number of hydrogen-bond acceptors (Lipinski definition) is 6. The highest BCUT2D eigenvalue weighted by Crippen LogP contribution is 2.50. The number of thiazole rings is 1. The number of nitrogens with one attached hydrogen (secondary N) is 1. The van der Waals surface area contributed by atoms with E-state index in [-0.39, 0.29) is 12.0 Å². The van der Waals surface area contributed by atoms with Gasteiger partial charge in [0.25, 0.3) is 0 Å². The molecule has 0 bridgehead atoms. The third kappa shape index (κ3) is 3.02. The van der Waals surface area contributed by atoms with E-state index in [9.17, 15) is 4.79 Å². The highest BCUT2D eigenvalue weighted by molar-refractivity contribution is 7.22. The van der Waals surface area contributed by atoms with Crippen LogP contribution in [0.4, 0.5) is 10.8 Å². The number of ether oxygens (including phenoxy) is 1. The SMILES string of the molecule is CCOC1CC(N)(C(=O)Nc2ccc3nc(N4CCCC4)sc3c2)C1(C)C. The zero-order valence-electron chi connectivity index (χ0n) is 16.2. The predicted molar refractivity (Wildman–Crippen MR) is 110 cm³/mol. The summed E-state index contributed by atoms with van der Waals surface area (Å²) in [5.41, 5.74) is 6.91. The van der Waals surface area contributed by atoms with Crippen LogP contribution in [0.5, 0.6) is 0 Å². The molecule has 7 heteroatoms. The van der Waals surface area contributed by atoms with Gasteiger partial charge in [0.1, 0.15) is 5.54 Å². The monoisotopic (exact) mass is 388 g/mol. The molecule has 1 aliphatic carbocycles. The van der Waals surface area contributed by atoms with Crippen molar-refractivity contribution < 1.29 is 9.53 Å². The molecule has 146 valence electrons. The van der Waals surface area contributed by atoms with Crippen LogP contribution >= 0.6 is 11.3 Å². The Morgan fingerprint density at radius 1 is 1.41 bits per heavy atom. The van der Waals surface area contributed by atoms with Crippen molar-refractivity contribution in [2.45, 2.75) is 51.7 Å². The number of amides is 1. The molecule has 1 aliphatic heterocycles. The van der Waals surface area contributed by atoms with Gasteiger partial charge >= 0.3 is 0 Å². The van der Waals surface area contributed by atoms with E-state index in [1.54, 1.807) is 11.3 Å². The molecule has 4 rings (SSSR count). The van der Waals surface area contributed by atoms with Crippen LogP contribution in [-0.4, -0.2) is 42.2 Å². The Bertz CT molecular complexity index is 859. The number of anilines is 2. The first-order chi connectivity index (χ1) is 12.8. The first kappa shape index (κ1) is 18.7. The molecule has 2 aliphatic rings. The Balaban J connectivity index is 1.50. The Kier molecular flexibility index (Phi) is 4.64. The molecule has 1 aromatic carbocycles. The van der Waals surface area contributed by atoms with Crippen LogP contribution < -0.4 is 16.0 Å². The number of nitrogens with zero attached hydrogens (tertiary/aromatic N) is 2. The van der Waals surface area contributed by atoms with Gasteiger partial charge in [-0.15, -0.1) is 0 Å². The summed E-state index contributed by atoms with van der Waals surface area (Å²) >= 11 is 1.68. The van der Waals surface area contributed by atoms with Crippen LogP contribution in [0.3, 0.4) is 0 Å². The first-order valence-corrected chi connectivity index (χ1v) is 10.5. The lowest BCUT2D eigenvalue weighted by molar-refractivity contribution is -0.166. The minimum atomic E-state index is -0.920. The molecule has 1 amide bonds. The second kappa shape index (κ2) is 6.72. The third-order valence-electron chi connectivity index (χ3n) is 6.25. The second-order valence-corrected chi connectivity index (χ2v) is 9.18. The normalized spacial score (nSPS) is 27.0. The van der Waals surface area contributed by atoms with Gasteiger partial charge in [0, 0.05) is 37.2 Å². The van der Waals surface area contributed by atoms with E-state index >= 15 is 0 Å². The third-order valence-corrected chi connectivity index (χ3v) is 7.33. The zero-order valence-corrected chi connectivity index (χ0v) is 17.1. The topological polar surface area (TPSA) is 80.5 Å². The lowest BCUT2D eigenvalue weighted by Crippen LogP contribution is -2.74. The summed E-state index contributed by atoms with van der Waals surface area (Å²) in [6.07, 6.45) is 3.02. The fourth-order valence-corrected chi connectivity index (χ4v) is 5.15. The van der Waals surface area contributed by atoms with Crippen molar-refractivity contribution >= 4 is 38.3 Å². The van der Waals surface area contributed by atoms with Gasteiger partial charge < -0.3 is 20.7 Å². The molecule has 2 heterocycles.